The van der Waals surface area contributed by atoms with E-state index in [1.807, 2.05) is 0 Å². The van der Waals surface area contributed by atoms with Gasteiger partial charge in [-0.15, -0.1) is 0 Å². The Balaban J connectivity index is 2.07. The number of carbonyl (C=O) groups excluding carboxylic acids is 1. The van der Waals surface area contributed by atoms with E-state index in [2.05, 4.69) is 5.32 Å². The zero-order valence-electron chi connectivity index (χ0n) is 13.9. The van der Waals surface area contributed by atoms with Gasteiger partial charge in [-0.25, -0.2) is 12.8 Å². The molecular formula is C18H19ClFNO3S. The number of hydrogen-bond acceptors (Lipinski definition) is 3. The van der Waals surface area contributed by atoms with Crippen molar-refractivity contribution >= 4 is 27.3 Å². The summed E-state index contributed by atoms with van der Waals surface area (Å²) < 4.78 is 37.0. The van der Waals surface area contributed by atoms with Gasteiger partial charge in [0.2, 0.25) is 5.91 Å². The van der Waals surface area contributed by atoms with Crippen molar-refractivity contribution in [2.24, 2.45) is 0 Å². The molecule has 0 fully saturated rings. The predicted octanol–water partition coefficient (Wildman–Crippen LogP) is 3.39. The summed E-state index contributed by atoms with van der Waals surface area (Å²) in [4.78, 5) is 12.4. The lowest BCUT2D eigenvalue weighted by Crippen LogP contribution is -2.48. The Bertz CT molecular complexity index is 864. The second kappa shape index (κ2) is 7.54. The average Bonchev–Trinajstić information content (AvgIpc) is 2.55. The van der Waals surface area contributed by atoms with E-state index in [0.29, 0.717) is 11.4 Å². The summed E-state index contributed by atoms with van der Waals surface area (Å²) in [6.07, 6.45) is 0.403. The third-order valence-electron chi connectivity index (χ3n) is 3.93. The number of halogens is 2. The van der Waals surface area contributed by atoms with Gasteiger partial charge in [0.1, 0.15) is 10.6 Å². The molecule has 0 saturated carbocycles. The number of rotatable bonds is 6. The van der Waals surface area contributed by atoms with Crippen LogP contribution in [0.2, 0.25) is 5.02 Å². The minimum absolute atomic E-state index is 0.0298. The van der Waals surface area contributed by atoms with Crippen LogP contribution in [0.1, 0.15) is 19.4 Å². The molecule has 0 aromatic heterocycles. The Labute approximate surface area is 151 Å². The molecule has 2 rings (SSSR count). The Morgan fingerprint density at radius 1 is 1.16 bits per heavy atom. The molecule has 0 atom stereocenters. The fourth-order valence-corrected chi connectivity index (χ4v) is 3.78. The van der Waals surface area contributed by atoms with Gasteiger partial charge in [-0.05, 0) is 62.2 Å². The summed E-state index contributed by atoms with van der Waals surface area (Å²) in [6, 6.07) is 11.7. The standard InChI is InChI=1S/C18H19ClFNO3S/c1-18(2,25(23,24)16-8-6-14(19)7-9-16)17(22)21-11-10-13-4-3-5-15(20)12-13/h3-9,12H,10-11H2,1-2H3,(H,21,22). The van der Waals surface area contributed by atoms with Crippen molar-refractivity contribution in [1.29, 1.82) is 0 Å². The normalized spacial score (nSPS) is 12.0. The second-order valence-electron chi connectivity index (χ2n) is 6.10. The van der Waals surface area contributed by atoms with Crippen LogP contribution in [0.25, 0.3) is 0 Å². The minimum Gasteiger partial charge on any atom is -0.354 e. The number of nitrogens with one attached hydrogen (secondary N) is 1. The van der Waals surface area contributed by atoms with E-state index in [4.69, 9.17) is 11.6 Å². The van der Waals surface area contributed by atoms with Gasteiger partial charge in [-0.3, -0.25) is 4.79 Å². The number of hydrogen-bond donors (Lipinski definition) is 1. The third kappa shape index (κ3) is 4.38. The lowest BCUT2D eigenvalue weighted by Gasteiger charge is -2.24. The van der Waals surface area contributed by atoms with Crippen LogP contribution in [-0.2, 0) is 21.1 Å². The fraction of sp³-hybridized carbons (Fsp3) is 0.278. The predicted molar refractivity (Wildman–Crippen MR) is 95.8 cm³/mol. The van der Waals surface area contributed by atoms with E-state index >= 15 is 0 Å². The van der Waals surface area contributed by atoms with Gasteiger partial charge in [-0.1, -0.05) is 23.7 Å². The van der Waals surface area contributed by atoms with Gasteiger partial charge in [0.25, 0.3) is 0 Å². The maximum Gasteiger partial charge on any atom is 0.241 e. The Morgan fingerprint density at radius 3 is 2.40 bits per heavy atom. The van der Waals surface area contributed by atoms with Crippen molar-refractivity contribution in [3.05, 3.63) is 64.9 Å². The summed E-state index contributed by atoms with van der Waals surface area (Å²) in [5.74, 6) is -0.965. The topological polar surface area (TPSA) is 63.2 Å². The molecule has 0 aliphatic carbocycles. The van der Waals surface area contributed by atoms with Crippen molar-refractivity contribution in [3.8, 4) is 0 Å². The molecule has 0 unspecified atom stereocenters. The highest BCUT2D eigenvalue weighted by molar-refractivity contribution is 7.93. The lowest BCUT2D eigenvalue weighted by atomic mass is 10.1. The molecule has 0 spiro atoms. The van der Waals surface area contributed by atoms with E-state index in [-0.39, 0.29) is 17.3 Å². The maximum absolute atomic E-state index is 13.1. The zero-order valence-corrected chi connectivity index (χ0v) is 15.5. The zero-order chi connectivity index (χ0) is 18.7. The monoisotopic (exact) mass is 383 g/mol. The van der Waals surface area contributed by atoms with E-state index < -0.39 is 20.5 Å². The van der Waals surface area contributed by atoms with Gasteiger partial charge in [-0.2, -0.15) is 0 Å². The summed E-state index contributed by atoms with van der Waals surface area (Å²) in [5.41, 5.74) is 0.721. The molecule has 0 bridgehead atoms. The van der Waals surface area contributed by atoms with Crippen molar-refractivity contribution in [2.45, 2.75) is 29.9 Å². The van der Waals surface area contributed by atoms with Crippen LogP contribution in [0.5, 0.6) is 0 Å². The van der Waals surface area contributed by atoms with Gasteiger partial charge >= 0.3 is 0 Å². The molecule has 7 heteroatoms. The second-order valence-corrected chi connectivity index (χ2v) is 9.04. The summed E-state index contributed by atoms with van der Waals surface area (Å²) in [6.45, 7) is 2.92. The van der Waals surface area contributed by atoms with Crippen LogP contribution < -0.4 is 5.32 Å². The number of carbonyl (C=O) groups is 1. The minimum atomic E-state index is -3.89. The van der Waals surface area contributed by atoms with E-state index in [0.717, 1.165) is 5.56 Å². The average molecular weight is 384 g/mol. The molecule has 2 aromatic carbocycles. The van der Waals surface area contributed by atoms with Gasteiger partial charge in [0.05, 0.1) is 4.90 Å². The quantitative estimate of drug-likeness (QED) is 0.831. The Morgan fingerprint density at radius 2 is 1.80 bits per heavy atom. The molecule has 0 radical (unpaired) electrons. The first kappa shape index (κ1) is 19.4. The number of amides is 1. The van der Waals surface area contributed by atoms with Crippen LogP contribution >= 0.6 is 11.6 Å². The van der Waals surface area contributed by atoms with Crippen LogP contribution in [0.3, 0.4) is 0 Å². The summed E-state index contributed by atoms with van der Waals surface area (Å²) in [5, 5.41) is 3.02. The molecule has 0 aliphatic heterocycles. The smallest absolute Gasteiger partial charge is 0.241 e. The van der Waals surface area contributed by atoms with Crippen LogP contribution in [0.15, 0.2) is 53.4 Å². The largest absolute Gasteiger partial charge is 0.354 e. The molecule has 2 aromatic rings. The highest BCUT2D eigenvalue weighted by atomic mass is 35.5. The molecule has 0 aliphatic rings. The molecule has 134 valence electrons. The fourth-order valence-electron chi connectivity index (χ4n) is 2.26. The first-order chi connectivity index (χ1) is 11.6. The molecule has 0 heterocycles. The van der Waals surface area contributed by atoms with E-state index in [1.165, 1.54) is 50.2 Å². The molecule has 4 nitrogen and oxygen atoms in total. The summed E-state index contributed by atoms with van der Waals surface area (Å²) >= 11 is 5.78. The third-order valence-corrected chi connectivity index (χ3v) is 6.60. The van der Waals surface area contributed by atoms with Crippen LogP contribution in [-0.4, -0.2) is 25.6 Å². The molecule has 1 amide bonds. The van der Waals surface area contributed by atoms with Crippen molar-refractivity contribution in [3.63, 3.8) is 0 Å². The van der Waals surface area contributed by atoms with Gasteiger partial charge < -0.3 is 5.32 Å². The van der Waals surface area contributed by atoms with E-state index in [9.17, 15) is 17.6 Å². The highest BCUT2D eigenvalue weighted by Crippen LogP contribution is 2.26. The maximum atomic E-state index is 13.1. The van der Waals surface area contributed by atoms with Crippen LogP contribution in [0.4, 0.5) is 4.39 Å². The SMILES string of the molecule is CC(C)(C(=O)NCCc1cccc(F)c1)S(=O)(=O)c1ccc(Cl)cc1. The molecule has 0 saturated heterocycles. The number of benzene rings is 2. The van der Waals surface area contributed by atoms with Crippen molar-refractivity contribution in [1.82, 2.24) is 5.32 Å². The molecule has 1 N–H and O–H groups in total. The number of sulfone groups is 1. The van der Waals surface area contributed by atoms with E-state index in [1.54, 1.807) is 12.1 Å². The Hall–Kier alpha value is -1.92. The first-order valence-corrected chi connectivity index (χ1v) is 9.53. The van der Waals surface area contributed by atoms with Crippen molar-refractivity contribution < 1.29 is 17.6 Å². The highest BCUT2D eigenvalue weighted by Gasteiger charge is 2.42. The van der Waals surface area contributed by atoms with Gasteiger partial charge in [0.15, 0.2) is 9.84 Å². The summed E-state index contributed by atoms with van der Waals surface area (Å²) in [7, 11) is -3.89. The van der Waals surface area contributed by atoms with Crippen molar-refractivity contribution in [2.75, 3.05) is 6.54 Å². The first-order valence-electron chi connectivity index (χ1n) is 7.67. The lowest BCUT2D eigenvalue weighted by molar-refractivity contribution is -0.122. The van der Waals surface area contributed by atoms with Gasteiger partial charge in [0, 0.05) is 11.6 Å². The van der Waals surface area contributed by atoms with Crippen LogP contribution in [0, 0.1) is 5.82 Å². The Kier molecular flexibility index (Phi) is 5.85. The molecule has 25 heavy (non-hydrogen) atoms. The molecular weight excluding hydrogens is 365 g/mol.